The molecule has 5 nitrogen and oxygen atoms in total. The first-order valence-electron chi connectivity index (χ1n) is 8.66. The monoisotopic (exact) mass is 373 g/mol. The topological polar surface area (TPSA) is 72.5 Å². The zero-order valence-corrected chi connectivity index (χ0v) is 15.8. The average Bonchev–Trinajstić information content (AvgIpc) is 2.63. The molecule has 3 rings (SSSR count). The van der Waals surface area contributed by atoms with Gasteiger partial charge in [0.2, 0.25) is 5.91 Å². The number of hydrogen-bond acceptors (Lipinski definition) is 4. The molecule has 0 spiro atoms. The molecule has 138 valence electrons. The van der Waals surface area contributed by atoms with Gasteiger partial charge in [0.05, 0.1) is 18.4 Å². The van der Waals surface area contributed by atoms with E-state index in [0.29, 0.717) is 18.6 Å². The summed E-state index contributed by atoms with van der Waals surface area (Å²) in [5.74, 6) is 0.115. The lowest BCUT2D eigenvalue weighted by molar-refractivity contribution is -0.121. The highest BCUT2D eigenvalue weighted by molar-refractivity contribution is 7.92. The fourth-order valence-corrected chi connectivity index (χ4v) is 4.29. The number of carbonyl (C=O) groups is 1. The molecule has 0 radical (unpaired) electrons. The van der Waals surface area contributed by atoms with Gasteiger partial charge in [0.25, 0.3) is 0 Å². The molecule has 0 saturated heterocycles. The molecule has 1 aliphatic heterocycles. The number of rotatable bonds is 5. The number of amides is 1. The van der Waals surface area contributed by atoms with Crippen molar-refractivity contribution < 1.29 is 17.9 Å². The van der Waals surface area contributed by atoms with Gasteiger partial charge in [-0.25, -0.2) is 8.42 Å². The van der Waals surface area contributed by atoms with Crippen LogP contribution in [0, 0.1) is 6.92 Å². The Morgan fingerprint density at radius 3 is 2.62 bits per heavy atom. The molecule has 0 saturated carbocycles. The van der Waals surface area contributed by atoms with E-state index >= 15 is 0 Å². The summed E-state index contributed by atoms with van der Waals surface area (Å²) < 4.78 is 30.8. The lowest BCUT2D eigenvalue weighted by Crippen LogP contribution is -2.41. The summed E-state index contributed by atoms with van der Waals surface area (Å²) in [6.07, 6.45) is 0.619. The first-order chi connectivity index (χ1) is 12.4. The third-order valence-corrected chi connectivity index (χ3v) is 6.70. The number of benzene rings is 2. The summed E-state index contributed by atoms with van der Waals surface area (Å²) >= 11 is 0. The largest absolute Gasteiger partial charge is 0.493 e. The Morgan fingerprint density at radius 2 is 1.88 bits per heavy atom. The van der Waals surface area contributed by atoms with E-state index in [1.165, 1.54) is 6.92 Å². The first kappa shape index (κ1) is 18.5. The fourth-order valence-electron chi connectivity index (χ4n) is 2.99. The van der Waals surface area contributed by atoms with Crippen molar-refractivity contribution in [1.82, 2.24) is 5.32 Å². The van der Waals surface area contributed by atoms with E-state index in [2.05, 4.69) is 5.32 Å². The molecule has 1 amide bonds. The predicted molar refractivity (Wildman–Crippen MR) is 101 cm³/mol. The SMILES string of the molecule is Cc1ccc(CS(=O)(=O)C(C)C(=O)NC2CCOc3ccccc32)cc1. The molecule has 26 heavy (non-hydrogen) atoms. The van der Waals surface area contributed by atoms with Crippen molar-refractivity contribution in [3.8, 4) is 5.75 Å². The maximum Gasteiger partial charge on any atom is 0.238 e. The number of para-hydroxylation sites is 1. The standard InChI is InChI=1S/C20H23NO4S/c1-14-7-9-16(10-8-14)13-26(23,24)15(2)20(22)21-18-11-12-25-19-6-4-3-5-17(18)19/h3-10,15,18H,11-13H2,1-2H3,(H,21,22). The van der Waals surface area contributed by atoms with Crippen LogP contribution in [0.25, 0.3) is 0 Å². The fraction of sp³-hybridized carbons (Fsp3) is 0.350. The smallest absolute Gasteiger partial charge is 0.238 e. The Balaban J connectivity index is 1.70. The van der Waals surface area contributed by atoms with Crippen molar-refractivity contribution >= 4 is 15.7 Å². The van der Waals surface area contributed by atoms with Gasteiger partial charge in [-0.05, 0) is 25.5 Å². The molecule has 2 aromatic rings. The summed E-state index contributed by atoms with van der Waals surface area (Å²) in [4.78, 5) is 12.6. The summed E-state index contributed by atoms with van der Waals surface area (Å²) in [7, 11) is -3.60. The Hall–Kier alpha value is -2.34. The molecule has 0 aromatic heterocycles. The van der Waals surface area contributed by atoms with Crippen LogP contribution in [-0.4, -0.2) is 26.2 Å². The highest BCUT2D eigenvalue weighted by atomic mass is 32.2. The third kappa shape index (κ3) is 4.07. The molecular weight excluding hydrogens is 350 g/mol. The van der Waals surface area contributed by atoms with E-state index in [0.717, 1.165) is 16.9 Å². The van der Waals surface area contributed by atoms with E-state index in [1.54, 1.807) is 12.1 Å². The maximum absolute atomic E-state index is 12.6. The van der Waals surface area contributed by atoms with Gasteiger partial charge in [-0.2, -0.15) is 0 Å². The van der Waals surface area contributed by atoms with Gasteiger partial charge in [-0.15, -0.1) is 0 Å². The van der Waals surface area contributed by atoms with Gasteiger partial charge in [0.1, 0.15) is 11.0 Å². The second-order valence-corrected chi connectivity index (χ2v) is 8.99. The highest BCUT2D eigenvalue weighted by Gasteiger charge is 2.31. The second kappa shape index (κ2) is 7.50. The van der Waals surface area contributed by atoms with Crippen LogP contribution in [0.3, 0.4) is 0 Å². The molecule has 2 aromatic carbocycles. The minimum atomic E-state index is -3.60. The molecule has 1 heterocycles. The highest BCUT2D eigenvalue weighted by Crippen LogP contribution is 2.31. The van der Waals surface area contributed by atoms with E-state index < -0.39 is 21.0 Å². The minimum absolute atomic E-state index is 0.147. The van der Waals surface area contributed by atoms with Crippen LogP contribution in [0.1, 0.15) is 36.1 Å². The van der Waals surface area contributed by atoms with Crippen LogP contribution in [0.15, 0.2) is 48.5 Å². The molecule has 2 atom stereocenters. The van der Waals surface area contributed by atoms with Crippen molar-refractivity contribution in [1.29, 1.82) is 0 Å². The molecular formula is C20H23NO4S. The number of nitrogens with one attached hydrogen (secondary N) is 1. The Morgan fingerprint density at radius 1 is 1.19 bits per heavy atom. The predicted octanol–water partition coefficient (Wildman–Crippen LogP) is 2.94. The Kier molecular flexibility index (Phi) is 5.32. The van der Waals surface area contributed by atoms with Gasteiger partial charge < -0.3 is 10.1 Å². The van der Waals surface area contributed by atoms with E-state index in [1.807, 2.05) is 43.3 Å². The number of ether oxygens (including phenoxy) is 1. The van der Waals surface area contributed by atoms with Crippen LogP contribution in [0.2, 0.25) is 0 Å². The number of carbonyl (C=O) groups excluding carboxylic acids is 1. The minimum Gasteiger partial charge on any atom is -0.493 e. The van der Waals surface area contributed by atoms with Crippen molar-refractivity contribution in [2.24, 2.45) is 0 Å². The van der Waals surface area contributed by atoms with E-state index in [4.69, 9.17) is 4.74 Å². The zero-order valence-electron chi connectivity index (χ0n) is 14.9. The average molecular weight is 373 g/mol. The van der Waals surface area contributed by atoms with E-state index in [-0.39, 0.29) is 11.8 Å². The van der Waals surface area contributed by atoms with Crippen LogP contribution >= 0.6 is 0 Å². The van der Waals surface area contributed by atoms with Crippen LogP contribution in [0.5, 0.6) is 5.75 Å². The first-order valence-corrected chi connectivity index (χ1v) is 10.4. The summed E-state index contributed by atoms with van der Waals surface area (Å²) in [6, 6.07) is 14.6. The van der Waals surface area contributed by atoms with Gasteiger partial charge in [0.15, 0.2) is 9.84 Å². The van der Waals surface area contributed by atoms with Crippen molar-refractivity contribution in [2.45, 2.75) is 37.3 Å². The normalized spacial score (nSPS) is 17.7. The van der Waals surface area contributed by atoms with Crippen LogP contribution < -0.4 is 10.1 Å². The molecule has 0 aliphatic carbocycles. The van der Waals surface area contributed by atoms with Crippen LogP contribution in [0.4, 0.5) is 0 Å². The summed E-state index contributed by atoms with van der Waals surface area (Å²) in [6.45, 7) is 3.89. The third-order valence-electron chi connectivity index (χ3n) is 4.67. The van der Waals surface area contributed by atoms with Crippen molar-refractivity contribution in [3.05, 3.63) is 65.2 Å². The number of fused-ring (bicyclic) bond motifs is 1. The van der Waals surface area contributed by atoms with Gasteiger partial charge in [-0.3, -0.25) is 4.79 Å². The second-order valence-electron chi connectivity index (χ2n) is 6.67. The van der Waals surface area contributed by atoms with Gasteiger partial charge in [0, 0.05) is 12.0 Å². The molecule has 0 bridgehead atoms. The van der Waals surface area contributed by atoms with E-state index in [9.17, 15) is 13.2 Å². The van der Waals surface area contributed by atoms with Crippen molar-refractivity contribution in [3.63, 3.8) is 0 Å². The Bertz CT molecular complexity index is 890. The van der Waals surface area contributed by atoms with Crippen LogP contribution in [-0.2, 0) is 20.4 Å². The molecule has 1 N–H and O–H groups in total. The molecule has 1 aliphatic rings. The summed E-state index contributed by atoms with van der Waals surface area (Å²) in [5, 5.41) is 1.77. The van der Waals surface area contributed by atoms with Crippen molar-refractivity contribution in [2.75, 3.05) is 6.61 Å². The lowest BCUT2D eigenvalue weighted by Gasteiger charge is -2.27. The summed E-state index contributed by atoms with van der Waals surface area (Å²) in [5.41, 5.74) is 2.64. The number of sulfone groups is 1. The number of hydrogen-bond donors (Lipinski definition) is 1. The number of aryl methyl sites for hydroxylation is 1. The quantitative estimate of drug-likeness (QED) is 0.875. The molecule has 2 unspecified atom stereocenters. The Labute approximate surface area is 154 Å². The molecule has 6 heteroatoms. The molecule has 0 fully saturated rings. The zero-order chi connectivity index (χ0) is 18.7. The van der Waals surface area contributed by atoms with Gasteiger partial charge in [-0.1, -0.05) is 48.0 Å². The lowest BCUT2D eigenvalue weighted by atomic mass is 10.0. The van der Waals surface area contributed by atoms with Gasteiger partial charge >= 0.3 is 0 Å². The maximum atomic E-state index is 12.6.